The van der Waals surface area contributed by atoms with Crippen LogP contribution in [0.3, 0.4) is 0 Å². The highest BCUT2D eigenvalue weighted by atomic mass is 127. The van der Waals surface area contributed by atoms with Gasteiger partial charge in [0, 0.05) is 24.4 Å². The van der Waals surface area contributed by atoms with Crippen molar-refractivity contribution >= 4 is 47.2 Å². The van der Waals surface area contributed by atoms with Crippen molar-refractivity contribution in [3.05, 3.63) is 22.4 Å². The Bertz CT molecular complexity index is 590. The van der Waals surface area contributed by atoms with Gasteiger partial charge >= 0.3 is 5.97 Å². The Kier molecular flexibility index (Phi) is 13.5. The first-order valence-electron chi connectivity index (χ1n) is 10.5. The number of likely N-dealkylation sites (tertiary alicyclic amines) is 1. The van der Waals surface area contributed by atoms with Gasteiger partial charge in [-0.05, 0) is 63.1 Å². The van der Waals surface area contributed by atoms with Crippen molar-refractivity contribution < 1.29 is 9.53 Å². The van der Waals surface area contributed by atoms with E-state index in [1.807, 2.05) is 11.3 Å². The van der Waals surface area contributed by atoms with E-state index in [-0.39, 0.29) is 29.9 Å². The molecule has 0 radical (unpaired) electrons. The normalized spacial score (nSPS) is 16.7. The molecular weight excluding hydrogens is 499 g/mol. The molecule has 1 unspecified atom stereocenters. The van der Waals surface area contributed by atoms with Gasteiger partial charge < -0.3 is 15.4 Å². The summed E-state index contributed by atoms with van der Waals surface area (Å²) in [5.41, 5.74) is 0. The largest absolute Gasteiger partial charge is 0.469 e. The third-order valence-electron chi connectivity index (χ3n) is 5.22. The number of carbonyl (C=O) groups is 1. The summed E-state index contributed by atoms with van der Waals surface area (Å²) < 4.78 is 4.68. The lowest BCUT2D eigenvalue weighted by molar-refractivity contribution is -0.140. The molecule has 0 aromatic carbocycles. The zero-order valence-corrected chi connectivity index (χ0v) is 21.1. The summed E-state index contributed by atoms with van der Waals surface area (Å²) in [6.07, 6.45) is 4.74. The zero-order valence-electron chi connectivity index (χ0n) is 18.0. The number of hydrogen-bond acceptors (Lipinski definition) is 5. The van der Waals surface area contributed by atoms with Crippen molar-refractivity contribution in [3.63, 3.8) is 0 Å². The summed E-state index contributed by atoms with van der Waals surface area (Å²) in [6, 6.07) is 4.71. The monoisotopic (exact) mass is 536 g/mol. The first-order chi connectivity index (χ1) is 13.6. The molecule has 0 amide bonds. The molecule has 1 aliphatic heterocycles. The highest BCUT2D eigenvalue weighted by Gasteiger charge is 2.25. The predicted octanol–water partition coefficient (Wildman–Crippen LogP) is 4.04. The average molecular weight is 537 g/mol. The highest BCUT2D eigenvalue weighted by molar-refractivity contribution is 14.0. The number of methoxy groups -OCH3 is 1. The molecule has 2 heterocycles. The van der Waals surface area contributed by atoms with Gasteiger partial charge in [-0.1, -0.05) is 13.0 Å². The summed E-state index contributed by atoms with van der Waals surface area (Å²) in [6.45, 7) is 9.12. The van der Waals surface area contributed by atoms with Crippen LogP contribution in [0.25, 0.3) is 0 Å². The Balaban J connectivity index is 0.00000420. The van der Waals surface area contributed by atoms with Crippen LogP contribution in [0.5, 0.6) is 0 Å². The van der Waals surface area contributed by atoms with Crippen LogP contribution in [0.4, 0.5) is 0 Å². The average Bonchev–Trinajstić information content (AvgIpc) is 3.23. The summed E-state index contributed by atoms with van der Waals surface area (Å²) in [4.78, 5) is 20.1. The molecule has 2 rings (SSSR count). The van der Waals surface area contributed by atoms with E-state index in [1.165, 1.54) is 24.8 Å². The van der Waals surface area contributed by atoms with Gasteiger partial charge in [0.2, 0.25) is 0 Å². The minimum atomic E-state index is -0.143. The number of piperidine rings is 1. The van der Waals surface area contributed by atoms with Crippen molar-refractivity contribution in [1.29, 1.82) is 0 Å². The van der Waals surface area contributed by atoms with Crippen molar-refractivity contribution in [2.24, 2.45) is 10.9 Å². The molecule has 0 bridgehead atoms. The van der Waals surface area contributed by atoms with E-state index >= 15 is 0 Å². The molecule has 2 N–H and O–H groups in total. The fraction of sp³-hybridized carbons (Fsp3) is 0.714. The first kappa shape index (κ1) is 26.2. The number of hydrogen-bond donors (Lipinski definition) is 2. The molecule has 1 aliphatic rings. The Morgan fingerprint density at radius 3 is 2.72 bits per heavy atom. The zero-order chi connectivity index (χ0) is 20.2. The SMILES string of the molecule is CCNC(=NCC(c1cccs1)N1CCC(C)CC1)NCCCCC(=O)OC.I. The van der Waals surface area contributed by atoms with E-state index in [2.05, 4.69) is 51.6 Å². The van der Waals surface area contributed by atoms with E-state index in [1.54, 1.807) is 0 Å². The number of halogens is 1. The molecular formula is C21H37IN4O2S. The van der Waals surface area contributed by atoms with Crippen LogP contribution < -0.4 is 10.6 Å². The Labute approximate surface area is 196 Å². The second-order valence-electron chi connectivity index (χ2n) is 7.43. The number of ether oxygens (including phenoxy) is 1. The summed E-state index contributed by atoms with van der Waals surface area (Å²) >= 11 is 1.82. The fourth-order valence-electron chi connectivity index (χ4n) is 3.43. The van der Waals surface area contributed by atoms with E-state index in [0.29, 0.717) is 12.5 Å². The number of esters is 1. The van der Waals surface area contributed by atoms with Gasteiger partial charge in [-0.3, -0.25) is 14.7 Å². The van der Waals surface area contributed by atoms with E-state index < -0.39 is 0 Å². The first-order valence-corrected chi connectivity index (χ1v) is 11.4. The molecule has 0 saturated carbocycles. The summed E-state index contributed by atoms with van der Waals surface area (Å²) in [5, 5.41) is 8.89. The molecule has 0 aliphatic carbocycles. The van der Waals surface area contributed by atoms with Crippen LogP contribution >= 0.6 is 35.3 Å². The number of aliphatic imine (C=N–C) groups is 1. The van der Waals surface area contributed by atoms with Gasteiger partial charge in [0.15, 0.2) is 5.96 Å². The summed E-state index contributed by atoms with van der Waals surface area (Å²) in [7, 11) is 1.43. The molecule has 1 saturated heterocycles. The molecule has 1 aromatic heterocycles. The lowest BCUT2D eigenvalue weighted by Crippen LogP contribution is -2.40. The fourth-order valence-corrected chi connectivity index (χ4v) is 4.28. The van der Waals surface area contributed by atoms with E-state index in [0.717, 1.165) is 57.4 Å². The van der Waals surface area contributed by atoms with Crippen molar-refractivity contribution in [2.45, 2.75) is 52.0 Å². The van der Waals surface area contributed by atoms with Crippen LogP contribution in [0.2, 0.25) is 0 Å². The minimum Gasteiger partial charge on any atom is -0.469 e. The number of thiophene rings is 1. The topological polar surface area (TPSA) is 66.0 Å². The molecule has 29 heavy (non-hydrogen) atoms. The number of nitrogens with one attached hydrogen (secondary N) is 2. The van der Waals surface area contributed by atoms with Crippen LogP contribution in [-0.2, 0) is 9.53 Å². The predicted molar refractivity (Wildman–Crippen MR) is 132 cm³/mol. The van der Waals surface area contributed by atoms with Crippen LogP contribution in [-0.4, -0.2) is 56.7 Å². The molecule has 166 valence electrons. The van der Waals surface area contributed by atoms with E-state index in [9.17, 15) is 4.79 Å². The Hall–Kier alpha value is -0.870. The van der Waals surface area contributed by atoms with Gasteiger partial charge in [0.1, 0.15) is 0 Å². The third-order valence-corrected chi connectivity index (χ3v) is 6.20. The van der Waals surface area contributed by atoms with Gasteiger partial charge in [0.05, 0.1) is 19.7 Å². The number of guanidine groups is 1. The molecule has 1 atom stereocenters. The Morgan fingerprint density at radius 2 is 2.10 bits per heavy atom. The maximum absolute atomic E-state index is 11.2. The second kappa shape index (κ2) is 15.0. The van der Waals surface area contributed by atoms with Crippen LogP contribution in [0.1, 0.15) is 56.9 Å². The van der Waals surface area contributed by atoms with Crippen LogP contribution in [0, 0.1) is 5.92 Å². The van der Waals surface area contributed by atoms with Crippen molar-refractivity contribution in [1.82, 2.24) is 15.5 Å². The number of unbranched alkanes of at least 4 members (excludes halogenated alkanes) is 1. The molecule has 1 fully saturated rings. The van der Waals surface area contributed by atoms with Crippen molar-refractivity contribution in [2.75, 3.05) is 39.8 Å². The molecule has 8 heteroatoms. The quantitative estimate of drug-likeness (QED) is 0.155. The number of nitrogens with zero attached hydrogens (tertiary/aromatic N) is 2. The lowest BCUT2D eigenvalue weighted by Gasteiger charge is -2.35. The van der Waals surface area contributed by atoms with Gasteiger partial charge in [0.25, 0.3) is 0 Å². The molecule has 6 nitrogen and oxygen atoms in total. The second-order valence-corrected chi connectivity index (χ2v) is 8.41. The van der Waals surface area contributed by atoms with Crippen molar-refractivity contribution in [3.8, 4) is 0 Å². The number of rotatable bonds is 10. The van der Waals surface area contributed by atoms with E-state index in [4.69, 9.17) is 4.99 Å². The Morgan fingerprint density at radius 1 is 1.34 bits per heavy atom. The smallest absolute Gasteiger partial charge is 0.305 e. The minimum absolute atomic E-state index is 0. The van der Waals surface area contributed by atoms with Gasteiger partial charge in [-0.15, -0.1) is 35.3 Å². The molecule has 0 spiro atoms. The maximum atomic E-state index is 11.2. The molecule has 1 aromatic rings. The van der Waals surface area contributed by atoms with Gasteiger partial charge in [-0.25, -0.2) is 0 Å². The standard InChI is InChI=1S/C21H36N4O2S.HI/c1-4-22-21(23-12-6-5-9-20(26)27-3)24-16-18(19-8-7-15-28-19)25-13-10-17(2)11-14-25;/h7-8,15,17-18H,4-6,9-14,16H2,1-3H3,(H2,22,23,24);1H. The third kappa shape index (κ3) is 9.65. The van der Waals surface area contributed by atoms with Crippen LogP contribution in [0.15, 0.2) is 22.5 Å². The highest BCUT2D eigenvalue weighted by Crippen LogP contribution is 2.29. The summed E-state index contributed by atoms with van der Waals surface area (Å²) in [5.74, 6) is 1.54. The van der Waals surface area contributed by atoms with Gasteiger partial charge in [-0.2, -0.15) is 0 Å². The lowest BCUT2D eigenvalue weighted by atomic mass is 9.97. The maximum Gasteiger partial charge on any atom is 0.305 e. The number of carbonyl (C=O) groups excluding carboxylic acids is 1.